The summed E-state index contributed by atoms with van der Waals surface area (Å²) in [6.07, 6.45) is 1.44. The molecule has 156 valence electrons. The minimum atomic E-state index is -3.50. The average molecular weight is 407 g/mol. The third-order valence-corrected chi connectivity index (χ3v) is 7.78. The number of aliphatic imine (C=N–C) groups is 1. The van der Waals surface area contributed by atoms with Crippen LogP contribution in [0.1, 0.15) is 50.3 Å². The Hall–Kier alpha value is -1.44. The maximum atomic E-state index is 13.4. The van der Waals surface area contributed by atoms with Crippen molar-refractivity contribution in [2.75, 3.05) is 26.2 Å². The van der Waals surface area contributed by atoms with Crippen LogP contribution in [0.5, 0.6) is 0 Å². The fraction of sp³-hybridized carbons (Fsp3) is 0.667. The van der Waals surface area contributed by atoms with Gasteiger partial charge in [0.1, 0.15) is 5.84 Å². The lowest BCUT2D eigenvalue weighted by Gasteiger charge is -2.46. The van der Waals surface area contributed by atoms with Gasteiger partial charge in [0.25, 0.3) is 0 Å². The number of rotatable bonds is 2. The van der Waals surface area contributed by atoms with E-state index in [0.29, 0.717) is 18.0 Å². The zero-order valence-corrected chi connectivity index (χ0v) is 18.8. The van der Waals surface area contributed by atoms with Crippen LogP contribution < -0.4 is 10.6 Å². The highest BCUT2D eigenvalue weighted by atomic mass is 32.2. The minimum absolute atomic E-state index is 0.0792. The molecular formula is C21H34N4O2S. The van der Waals surface area contributed by atoms with Crippen molar-refractivity contribution < 1.29 is 8.42 Å². The van der Waals surface area contributed by atoms with Crippen molar-refractivity contribution in [1.82, 2.24) is 14.9 Å². The van der Waals surface area contributed by atoms with Crippen molar-refractivity contribution in [3.63, 3.8) is 0 Å². The fourth-order valence-electron chi connectivity index (χ4n) is 4.44. The maximum Gasteiger partial charge on any atom is 0.243 e. The molecule has 2 heterocycles. The molecule has 0 bridgehead atoms. The molecule has 0 aliphatic carbocycles. The molecule has 0 amide bonds. The van der Waals surface area contributed by atoms with Crippen LogP contribution in [0.25, 0.3) is 0 Å². The number of piperidine rings is 1. The highest BCUT2D eigenvalue weighted by Gasteiger charge is 2.44. The number of nitrogens with one attached hydrogen (secondary N) is 2. The normalized spacial score (nSPS) is 20.9. The summed E-state index contributed by atoms with van der Waals surface area (Å²) >= 11 is 0. The van der Waals surface area contributed by atoms with Gasteiger partial charge in [-0.2, -0.15) is 4.31 Å². The highest BCUT2D eigenvalue weighted by Crippen LogP contribution is 2.31. The van der Waals surface area contributed by atoms with Crippen molar-refractivity contribution in [3.05, 3.63) is 28.8 Å². The number of benzene rings is 1. The quantitative estimate of drug-likeness (QED) is 0.792. The lowest BCUT2D eigenvalue weighted by Crippen LogP contribution is -2.66. The van der Waals surface area contributed by atoms with E-state index >= 15 is 0 Å². The molecule has 1 fully saturated rings. The van der Waals surface area contributed by atoms with E-state index in [-0.39, 0.29) is 11.1 Å². The van der Waals surface area contributed by atoms with Gasteiger partial charge in [-0.05, 0) is 65.5 Å². The number of aryl methyl sites for hydroxylation is 3. The largest absolute Gasteiger partial charge is 0.368 e. The van der Waals surface area contributed by atoms with Crippen LogP contribution in [-0.2, 0) is 10.0 Å². The van der Waals surface area contributed by atoms with Gasteiger partial charge in [-0.25, -0.2) is 8.42 Å². The Labute approximate surface area is 169 Å². The van der Waals surface area contributed by atoms with Gasteiger partial charge in [0.05, 0.1) is 17.0 Å². The lowest BCUT2D eigenvalue weighted by molar-refractivity contribution is 0.237. The third kappa shape index (κ3) is 4.11. The smallest absolute Gasteiger partial charge is 0.243 e. The number of hydrogen-bond donors (Lipinski definition) is 2. The SMILES string of the molecule is Cc1cc(C)c(S(=O)(=O)N2CCC3(CC2)NCCN=C3NC(C)(C)C)c(C)c1. The standard InChI is InChI=1S/C21H34N4O2S/c1-15-13-16(2)18(17(3)14-15)28(26,27)25-11-7-21(8-12-25)19(22-9-10-23-21)24-20(4,5)6/h13-14,23H,7-12H2,1-6H3,(H,22,24). The fourth-order valence-corrected chi connectivity index (χ4v) is 6.29. The molecule has 0 saturated carbocycles. The maximum absolute atomic E-state index is 13.4. The molecule has 0 atom stereocenters. The van der Waals surface area contributed by atoms with Crippen molar-refractivity contribution in [2.45, 2.75) is 70.4 Å². The average Bonchev–Trinajstić information content (AvgIpc) is 2.55. The summed E-state index contributed by atoms with van der Waals surface area (Å²) in [6.45, 7) is 14.7. The number of amidine groups is 1. The van der Waals surface area contributed by atoms with Gasteiger partial charge < -0.3 is 10.6 Å². The van der Waals surface area contributed by atoms with E-state index < -0.39 is 10.0 Å². The summed E-state index contributed by atoms with van der Waals surface area (Å²) in [5, 5.41) is 7.18. The molecule has 1 aromatic rings. The summed E-state index contributed by atoms with van der Waals surface area (Å²) in [6, 6.07) is 3.90. The first-order valence-electron chi connectivity index (χ1n) is 10.1. The predicted molar refractivity (Wildman–Crippen MR) is 115 cm³/mol. The molecule has 1 saturated heterocycles. The molecule has 2 aliphatic rings. The van der Waals surface area contributed by atoms with Gasteiger partial charge in [-0.15, -0.1) is 0 Å². The van der Waals surface area contributed by atoms with Gasteiger partial charge in [0.2, 0.25) is 10.0 Å². The Kier molecular flexibility index (Phi) is 5.64. The molecule has 2 N–H and O–H groups in total. The molecule has 2 aliphatic heterocycles. The van der Waals surface area contributed by atoms with E-state index in [1.807, 2.05) is 32.9 Å². The second-order valence-corrected chi connectivity index (χ2v) is 11.1. The number of nitrogens with zero attached hydrogens (tertiary/aromatic N) is 2. The topological polar surface area (TPSA) is 73.8 Å². The van der Waals surface area contributed by atoms with Crippen molar-refractivity contribution in [2.24, 2.45) is 4.99 Å². The van der Waals surface area contributed by atoms with E-state index in [1.54, 1.807) is 4.31 Å². The highest BCUT2D eigenvalue weighted by molar-refractivity contribution is 7.89. The van der Waals surface area contributed by atoms with Crippen LogP contribution in [0.2, 0.25) is 0 Å². The van der Waals surface area contributed by atoms with Crippen LogP contribution in [0.4, 0.5) is 0 Å². The van der Waals surface area contributed by atoms with Crippen molar-refractivity contribution in [3.8, 4) is 0 Å². The summed E-state index contributed by atoms with van der Waals surface area (Å²) in [4.78, 5) is 5.22. The van der Waals surface area contributed by atoms with E-state index in [4.69, 9.17) is 4.99 Å². The van der Waals surface area contributed by atoms with Crippen LogP contribution in [0, 0.1) is 20.8 Å². The minimum Gasteiger partial charge on any atom is -0.368 e. The Morgan fingerprint density at radius 3 is 2.21 bits per heavy atom. The molecule has 1 aromatic carbocycles. The van der Waals surface area contributed by atoms with E-state index in [2.05, 4.69) is 31.4 Å². The van der Waals surface area contributed by atoms with E-state index in [9.17, 15) is 8.42 Å². The molecule has 0 radical (unpaired) electrons. The Morgan fingerprint density at radius 2 is 1.68 bits per heavy atom. The molecule has 6 nitrogen and oxygen atoms in total. The van der Waals surface area contributed by atoms with Gasteiger partial charge in [-0.1, -0.05) is 17.7 Å². The van der Waals surface area contributed by atoms with Gasteiger partial charge in [0.15, 0.2) is 0 Å². The summed E-state index contributed by atoms with van der Waals surface area (Å²) in [5.74, 6) is 0.978. The monoisotopic (exact) mass is 406 g/mol. The van der Waals surface area contributed by atoms with Gasteiger partial charge in [0, 0.05) is 25.2 Å². The molecule has 0 unspecified atom stereocenters. The molecule has 1 spiro atoms. The lowest BCUT2D eigenvalue weighted by atomic mass is 9.85. The van der Waals surface area contributed by atoms with Crippen molar-refractivity contribution in [1.29, 1.82) is 0 Å². The Morgan fingerprint density at radius 1 is 1.11 bits per heavy atom. The van der Waals surface area contributed by atoms with Gasteiger partial charge in [-0.3, -0.25) is 4.99 Å². The van der Waals surface area contributed by atoms with Crippen molar-refractivity contribution >= 4 is 15.9 Å². The summed E-state index contributed by atoms with van der Waals surface area (Å²) in [7, 11) is -3.50. The van der Waals surface area contributed by atoms with E-state index in [0.717, 1.165) is 48.5 Å². The van der Waals surface area contributed by atoms with Crippen LogP contribution in [0.15, 0.2) is 22.0 Å². The zero-order valence-electron chi connectivity index (χ0n) is 18.0. The number of hydrogen-bond acceptors (Lipinski definition) is 5. The molecule has 28 heavy (non-hydrogen) atoms. The van der Waals surface area contributed by atoms with Crippen LogP contribution in [-0.4, -0.2) is 55.8 Å². The first-order chi connectivity index (χ1) is 12.9. The predicted octanol–water partition coefficient (Wildman–Crippen LogP) is 2.52. The van der Waals surface area contributed by atoms with E-state index in [1.165, 1.54) is 0 Å². The first kappa shape index (κ1) is 21.3. The second-order valence-electron chi connectivity index (χ2n) is 9.25. The van der Waals surface area contributed by atoms with Gasteiger partial charge >= 0.3 is 0 Å². The summed E-state index contributed by atoms with van der Waals surface area (Å²) < 4.78 is 28.4. The van der Waals surface area contributed by atoms with Crippen LogP contribution in [0.3, 0.4) is 0 Å². The Balaban J connectivity index is 1.83. The second kappa shape index (κ2) is 7.43. The first-order valence-corrected chi connectivity index (χ1v) is 11.5. The summed E-state index contributed by atoms with van der Waals surface area (Å²) in [5.41, 5.74) is 2.40. The van der Waals surface area contributed by atoms with Crippen LogP contribution >= 0.6 is 0 Å². The Bertz CT molecular complexity index is 853. The molecule has 3 rings (SSSR count). The number of sulfonamides is 1. The zero-order chi connectivity index (χ0) is 20.7. The molecular weight excluding hydrogens is 372 g/mol. The molecule has 7 heteroatoms. The third-order valence-electron chi connectivity index (χ3n) is 5.57. The molecule has 0 aromatic heterocycles.